The van der Waals surface area contributed by atoms with E-state index >= 15 is 0 Å². The van der Waals surface area contributed by atoms with Crippen molar-refractivity contribution < 1.29 is 14.6 Å². The molecular weight excluding hydrogens is 206 g/mol. The molecule has 2 rings (SSSR count). The van der Waals surface area contributed by atoms with Gasteiger partial charge in [0.1, 0.15) is 11.8 Å². The Labute approximate surface area is 86.6 Å². The summed E-state index contributed by atoms with van der Waals surface area (Å²) < 4.78 is 5.09. The number of aromatic carboxylic acids is 1. The number of nitrogens with one attached hydrogen (secondary N) is 1. The van der Waals surface area contributed by atoms with Crippen LogP contribution in [0.15, 0.2) is 30.7 Å². The Bertz CT molecular complexity index is 390. The molecule has 0 fully saturated rings. The Hall–Kier alpha value is -1.68. The molecule has 0 amide bonds. The first-order chi connectivity index (χ1) is 6.29. The van der Waals surface area contributed by atoms with E-state index in [9.17, 15) is 4.79 Å². The molecule has 0 bridgehead atoms. The van der Waals surface area contributed by atoms with Crippen molar-refractivity contribution in [2.75, 3.05) is 5.32 Å². The van der Waals surface area contributed by atoms with Crippen LogP contribution >= 0.6 is 12.4 Å². The Morgan fingerprint density at radius 2 is 2.21 bits per heavy atom. The van der Waals surface area contributed by atoms with Gasteiger partial charge in [0.05, 0.1) is 5.69 Å². The molecule has 0 radical (unpaired) electrons. The number of halogens is 1. The molecule has 1 aliphatic heterocycles. The van der Waals surface area contributed by atoms with Crippen molar-refractivity contribution in [3.8, 4) is 5.75 Å². The second kappa shape index (κ2) is 4.02. The minimum absolute atomic E-state index is 0. The molecule has 0 saturated carbocycles. The van der Waals surface area contributed by atoms with Gasteiger partial charge in [-0.3, -0.25) is 0 Å². The SMILES string of the molecule is Cl.O=C(O)c1cccc2c1OC=CN2. The standard InChI is InChI=1S/C9H7NO3.ClH/c11-9(12)6-2-1-3-7-8(6)13-5-4-10-7;/h1-5,10H,(H,11,12);1H. The molecule has 74 valence electrons. The lowest BCUT2D eigenvalue weighted by Gasteiger charge is -2.14. The van der Waals surface area contributed by atoms with E-state index in [2.05, 4.69) is 5.32 Å². The quantitative estimate of drug-likeness (QED) is 0.750. The fourth-order valence-electron chi connectivity index (χ4n) is 1.17. The van der Waals surface area contributed by atoms with Gasteiger partial charge < -0.3 is 15.2 Å². The van der Waals surface area contributed by atoms with Crippen molar-refractivity contribution in [1.82, 2.24) is 0 Å². The van der Waals surface area contributed by atoms with Crippen molar-refractivity contribution >= 4 is 24.1 Å². The monoisotopic (exact) mass is 213 g/mol. The molecule has 0 atom stereocenters. The number of carbonyl (C=O) groups is 1. The predicted molar refractivity (Wildman–Crippen MR) is 54.0 cm³/mol. The number of anilines is 1. The molecule has 0 aromatic heterocycles. The van der Waals surface area contributed by atoms with E-state index in [1.54, 1.807) is 18.3 Å². The Morgan fingerprint density at radius 3 is 2.93 bits per heavy atom. The number of benzene rings is 1. The molecule has 5 heteroatoms. The average molecular weight is 214 g/mol. The lowest BCUT2D eigenvalue weighted by molar-refractivity contribution is 0.0694. The van der Waals surface area contributed by atoms with Gasteiger partial charge in [0.25, 0.3) is 0 Å². The zero-order valence-electron chi connectivity index (χ0n) is 7.06. The molecule has 1 aromatic carbocycles. The fourth-order valence-corrected chi connectivity index (χ4v) is 1.17. The second-order valence-corrected chi connectivity index (χ2v) is 2.55. The van der Waals surface area contributed by atoms with E-state index in [4.69, 9.17) is 9.84 Å². The third kappa shape index (κ3) is 1.65. The molecule has 14 heavy (non-hydrogen) atoms. The zero-order valence-corrected chi connectivity index (χ0v) is 7.88. The summed E-state index contributed by atoms with van der Waals surface area (Å²) in [5.41, 5.74) is 0.830. The molecule has 0 saturated heterocycles. The number of hydrogen-bond donors (Lipinski definition) is 2. The van der Waals surface area contributed by atoms with Crippen molar-refractivity contribution in [3.05, 3.63) is 36.2 Å². The minimum Gasteiger partial charge on any atom is -0.478 e. The smallest absolute Gasteiger partial charge is 0.339 e. The summed E-state index contributed by atoms with van der Waals surface area (Å²) in [6, 6.07) is 4.92. The summed E-state index contributed by atoms with van der Waals surface area (Å²) in [5.74, 6) is -0.633. The van der Waals surface area contributed by atoms with Crippen LogP contribution < -0.4 is 10.1 Å². The van der Waals surface area contributed by atoms with E-state index in [-0.39, 0.29) is 18.0 Å². The van der Waals surface area contributed by atoms with Crippen LogP contribution in [0.25, 0.3) is 0 Å². The highest BCUT2D eigenvalue weighted by Crippen LogP contribution is 2.31. The van der Waals surface area contributed by atoms with Crippen LogP contribution in [0.2, 0.25) is 0 Å². The first kappa shape index (κ1) is 10.4. The van der Waals surface area contributed by atoms with E-state index < -0.39 is 5.97 Å². The van der Waals surface area contributed by atoms with Crippen LogP contribution in [0, 0.1) is 0 Å². The van der Waals surface area contributed by atoms with Crippen LogP contribution in [0.5, 0.6) is 5.75 Å². The van der Waals surface area contributed by atoms with Crippen molar-refractivity contribution in [2.45, 2.75) is 0 Å². The van der Waals surface area contributed by atoms with Gasteiger partial charge >= 0.3 is 5.97 Å². The van der Waals surface area contributed by atoms with Crippen molar-refractivity contribution in [1.29, 1.82) is 0 Å². The Balaban J connectivity index is 0.000000980. The van der Waals surface area contributed by atoms with E-state index in [1.807, 2.05) is 0 Å². The van der Waals surface area contributed by atoms with E-state index in [0.717, 1.165) is 0 Å². The molecule has 2 N–H and O–H groups in total. The fraction of sp³-hybridized carbons (Fsp3) is 0. The maximum Gasteiger partial charge on any atom is 0.339 e. The predicted octanol–water partition coefficient (Wildman–Crippen LogP) is 2.08. The molecule has 0 spiro atoms. The van der Waals surface area contributed by atoms with Crippen LogP contribution in [0.4, 0.5) is 5.69 Å². The first-order valence-corrected chi connectivity index (χ1v) is 3.73. The summed E-state index contributed by atoms with van der Waals surface area (Å²) in [5, 5.41) is 11.7. The van der Waals surface area contributed by atoms with Crippen LogP contribution in [-0.4, -0.2) is 11.1 Å². The number of rotatable bonds is 1. The van der Waals surface area contributed by atoms with Gasteiger partial charge in [-0.15, -0.1) is 12.4 Å². The van der Waals surface area contributed by atoms with Crippen LogP contribution in [0.3, 0.4) is 0 Å². The number of fused-ring (bicyclic) bond motifs is 1. The van der Waals surface area contributed by atoms with Crippen LogP contribution in [0.1, 0.15) is 10.4 Å². The zero-order chi connectivity index (χ0) is 9.26. The number of para-hydroxylation sites is 1. The van der Waals surface area contributed by atoms with Gasteiger partial charge in [-0.05, 0) is 12.1 Å². The Morgan fingerprint density at radius 1 is 1.43 bits per heavy atom. The van der Waals surface area contributed by atoms with Gasteiger partial charge in [-0.1, -0.05) is 6.07 Å². The Kier molecular flexibility index (Phi) is 2.99. The first-order valence-electron chi connectivity index (χ1n) is 3.73. The second-order valence-electron chi connectivity index (χ2n) is 2.55. The van der Waals surface area contributed by atoms with Gasteiger partial charge in [0.15, 0.2) is 5.75 Å². The van der Waals surface area contributed by atoms with Crippen LogP contribution in [-0.2, 0) is 0 Å². The molecule has 1 aromatic rings. The lowest BCUT2D eigenvalue weighted by atomic mass is 10.1. The third-order valence-corrected chi connectivity index (χ3v) is 1.74. The van der Waals surface area contributed by atoms with Gasteiger partial charge in [0.2, 0.25) is 0 Å². The molecule has 1 heterocycles. The van der Waals surface area contributed by atoms with Crippen molar-refractivity contribution in [3.63, 3.8) is 0 Å². The average Bonchev–Trinajstić information content (AvgIpc) is 2.17. The number of hydrogen-bond acceptors (Lipinski definition) is 3. The molecule has 0 unspecified atom stereocenters. The summed E-state index contributed by atoms with van der Waals surface area (Å²) >= 11 is 0. The molecule has 4 nitrogen and oxygen atoms in total. The number of carboxylic acids is 1. The summed E-state index contributed by atoms with van der Waals surface area (Å²) in [4.78, 5) is 10.7. The normalized spacial score (nSPS) is 11.7. The highest BCUT2D eigenvalue weighted by Gasteiger charge is 2.15. The molecule has 1 aliphatic rings. The third-order valence-electron chi connectivity index (χ3n) is 1.74. The highest BCUT2D eigenvalue weighted by molar-refractivity contribution is 5.93. The van der Waals surface area contributed by atoms with E-state index in [1.165, 1.54) is 12.3 Å². The minimum atomic E-state index is -0.992. The lowest BCUT2D eigenvalue weighted by Crippen LogP contribution is -2.05. The largest absolute Gasteiger partial charge is 0.478 e. The molecular formula is C9H8ClNO3. The number of carboxylic acid groups (broad SMARTS) is 1. The number of ether oxygens (including phenoxy) is 1. The van der Waals surface area contributed by atoms with E-state index in [0.29, 0.717) is 11.4 Å². The maximum absolute atomic E-state index is 10.7. The maximum atomic E-state index is 10.7. The summed E-state index contributed by atoms with van der Waals surface area (Å²) in [6.07, 6.45) is 3.02. The highest BCUT2D eigenvalue weighted by atomic mass is 35.5. The van der Waals surface area contributed by atoms with Crippen molar-refractivity contribution in [2.24, 2.45) is 0 Å². The molecule has 0 aliphatic carbocycles. The van der Waals surface area contributed by atoms with Gasteiger partial charge in [-0.2, -0.15) is 0 Å². The van der Waals surface area contributed by atoms with Gasteiger partial charge in [0, 0.05) is 6.20 Å². The summed E-state index contributed by atoms with van der Waals surface area (Å²) in [7, 11) is 0. The van der Waals surface area contributed by atoms with Gasteiger partial charge in [-0.25, -0.2) is 4.79 Å². The summed E-state index contributed by atoms with van der Waals surface area (Å²) in [6.45, 7) is 0. The topological polar surface area (TPSA) is 58.6 Å².